The van der Waals surface area contributed by atoms with Gasteiger partial charge in [0, 0.05) is 25.4 Å². The molecule has 2 fully saturated rings. The molecule has 0 spiro atoms. The van der Waals surface area contributed by atoms with E-state index in [9.17, 15) is 14.4 Å². The number of esters is 1. The van der Waals surface area contributed by atoms with Crippen LogP contribution in [0.2, 0.25) is 0 Å². The molecule has 19 heavy (non-hydrogen) atoms. The quantitative estimate of drug-likeness (QED) is 0.735. The summed E-state index contributed by atoms with van der Waals surface area (Å²) in [6.45, 7) is 1.57. The number of hydrogen-bond acceptors (Lipinski definition) is 4. The van der Waals surface area contributed by atoms with Crippen LogP contribution >= 0.6 is 0 Å². The van der Waals surface area contributed by atoms with Crippen LogP contribution in [-0.2, 0) is 19.1 Å². The number of rotatable bonds is 3. The molecule has 0 aromatic carbocycles. The van der Waals surface area contributed by atoms with Crippen molar-refractivity contribution in [1.29, 1.82) is 0 Å². The van der Waals surface area contributed by atoms with Gasteiger partial charge in [-0.15, -0.1) is 0 Å². The van der Waals surface area contributed by atoms with Crippen LogP contribution in [0.1, 0.15) is 32.1 Å². The molecule has 0 bridgehead atoms. The molecule has 2 rings (SSSR count). The van der Waals surface area contributed by atoms with Gasteiger partial charge in [0.15, 0.2) is 0 Å². The Morgan fingerprint density at radius 1 is 1.32 bits per heavy atom. The zero-order chi connectivity index (χ0) is 13.8. The van der Waals surface area contributed by atoms with Crippen molar-refractivity contribution in [3.8, 4) is 0 Å². The zero-order valence-electron chi connectivity index (χ0n) is 11.2. The van der Waals surface area contributed by atoms with Crippen molar-refractivity contribution in [3.63, 3.8) is 0 Å². The highest BCUT2D eigenvalue weighted by molar-refractivity contribution is 5.92. The van der Waals surface area contributed by atoms with Crippen LogP contribution in [0.4, 0.5) is 0 Å². The van der Waals surface area contributed by atoms with Gasteiger partial charge in [0.2, 0.25) is 11.8 Å². The third-order valence-electron chi connectivity index (χ3n) is 3.82. The van der Waals surface area contributed by atoms with E-state index in [0.717, 1.165) is 32.4 Å². The predicted octanol–water partition coefficient (Wildman–Crippen LogP) is 0.0667. The summed E-state index contributed by atoms with van der Waals surface area (Å²) in [5.74, 6) is -1.05. The number of likely N-dealkylation sites (tertiary alicyclic amines) is 1. The first kappa shape index (κ1) is 13.8. The smallest absolute Gasteiger partial charge is 0.328 e. The van der Waals surface area contributed by atoms with Gasteiger partial charge < -0.3 is 15.0 Å². The third-order valence-corrected chi connectivity index (χ3v) is 3.82. The molecule has 2 amide bonds. The van der Waals surface area contributed by atoms with Crippen molar-refractivity contribution in [2.45, 2.75) is 38.1 Å². The molecule has 1 unspecified atom stereocenters. The number of carbonyl (C=O) groups is 3. The number of hydrogen-bond donors (Lipinski definition) is 1. The van der Waals surface area contributed by atoms with Crippen LogP contribution in [-0.4, -0.2) is 48.9 Å². The lowest BCUT2D eigenvalue weighted by molar-refractivity contribution is -0.143. The van der Waals surface area contributed by atoms with Crippen LogP contribution in [0.25, 0.3) is 0 Å². The Morgan fingerprint density at radius 3 is 2.63 bits per heavy atom. The molecule has 106 valence electrons. The summed E-state index contributed by atoms with van der Waals surface area (Å²) in [6, 6.07) is -0.600. The first-order valence-corrected chi connectivity index (χ1v) is 6.78. The van der Waals surface area contributed by atoms with E-state index in [4.69, 9.17) is 0 Å². The molecule has 6 nitrogen and oxygen atoms in total. The summed E-state index contributed by atoms with van der Waals surface area (Å²) in [5.41, 5.74) is 0. The minimum atomic E-state index is -0.600. The van der Waals surface area contributed by atoms with E-state index in [0.29, 0.717) is 6.42 Å². The Labute approximate surface area is 112 Å². The van der Waals surface area contributed by atoms with Crippen LogP contribution in [0.15, 0.2) is 0 Å². The Hall–Kier alpha value is -1.59. The maximum Gasteiger partial charge on any atom is 0.328 e. The first-order valence-electron chi connectivity index (χ1n) is 6.78. The van der Waals surface area contributed by atoms with Gasteiger partial charge in [0.25, 0.3) is 0 Å². The SMILES string of the molecule is COC(=O)[C@@H]1CC(CC(=O)N2CCCCC2)C(=O)N1. The Bertz CT molecular complexity index is 377. The maximum atomic E-state index is 12.1. The van der Waals surface area contributed by atoms with Crippen molar-refractivity contribution in [2.75, 3.05) is 20.2 Å². The van der Waals surface area contributed by atoms with Gasteiger partial charge in [0.1, 0.15) is 6.04 Å². The average molecular weight is 268 g/mol. The van der Waals surface area contributed by atoms with Crippen LogP contribution < -0.4 is 5.32 Å². The van der Waals surface area contributed by atoms with E-state index in [1.807, 2.05) is 4.90 Å². The molecule has 2 aliphatic heterocycles. The third kappa shape index (κ3) is 3.24. The Morgan fingerprint density at radius 2 is 2.00 bits per heavy atom. The van der Waals surface area contributed by atoms with Crippen LogP contribution in [0.5, 0.6) is 0 Å². The molecule has 0 aliphatic carbocycles. The molecular weight excluding hydrogens is 248 g/mol. The highest BCUT2D eigenvalue weighted by atomic mass is 16.5. The van der Waals surface area contributed by atoms with Gasteiger partial charge in [-0.25, -0.2) is 4.79 Å². The highest BCUT2D eigenvalue weighted by Crippen LogP contribution is 2.22. The zero-order valence-corrected chi connectivity index (χ0v) is 11.2. The number of nitrogens with zero attached hydrogens (tertiary/aromatic N) is 1. The lowest BCUT2D eigenvalue weighted by Gasteiger charge is -2.27. The number of amides is 2. The molecule has 0 radical (unpaired) electrons. The number of methoxy groups -OCH3 is 1. The fourth-order valence-electron chi connectivity index (χ4n) is 2.70. The second-order valence-corrected chi connectivity index (χ2v) is 5.16. The predicted molar refractivity (Wildman–Crippen MR) is 67.1 cm³/mol. The second kappa shape index (κ2) is 6.04. The summed E-state index contributed by atoms with van der Waals surface area (Å²) in [6.07, 6.45) is 3.78. The molecule has 0 aromatic rings. The molecule has 2 aliphatic rings. The number of nitrogens with one attached hydrogen (secondary N) is 1. The van der Waals surface area contributed by atoms with Crippen LogP contribution in [0, 0.1) is 5.92 Å². The monoisotopic (exact) mass is 268 g/mol. The van der Waals surface area contributed by atoms with Crippen molar-refractivity contribution < 1.29 is 19.1 Å². The van der Waals surface area contributed by atoms with Gasteiger partial charge >= 0.3 is 5.97 Å². The summed E-state index contributed by atoms with van der Waals surface area (Å²) < 4.78 is 4.60. The average Bonchev–Trinajstić information content (AvgIpc) is 2.80. The Kier molecular flexibility index (Phi) is 4.39. The van der Waals surface area contributed by atoms with Crippen molar-refractivity contribution in [1.82, 2.24) is 10.2 Å². The molecule has 2 heterocycles. The molecule has 6 heteroatoms. The van der Waals surface area contributed by atoms with E-state index < -0.39 is 17.9 Å². The standard InChI is InChI=1S/C13H20N2O4/c1-19-13(18)10-7-9(12(17)14-10)8-11(16)15-5-3-2-4-6-15/h9-10H,2-8H2,1H3,(H,14,17)/t9?,10-/m0/s1. The van der Waals surface area contributed by atoms with Crippen molar-refractivity contribution in [3.05, 3.63) is 0 Å². The number of piperidine rings is 1. The molecule has 1 N–H and O–H groups in total. The fraction of sp³-hybridized carbons (Fsp3) is 0.769. The van der Waals surface area contributed by atoms with Crippen LogP contribution in [0.3, 0.4) is 0 Å². The normalized spacial score (nSPS) is 27.0. The van der Waals surface area contributed by atoms with E-state index in [1.54, 1.807) is 0 Å². The maximum absolute atomic E-state index is 12.1. The lowest BCUT2D eigenvalue weighted by atomic mass is 9.99. The summed E-state index contributed by atoms with van der Waals surface area (Å²) in [7, 11) is 1.29. The topological polar surface area (TPSA) is 75.7 Å². The van der Waals surface area contributed by atoms with E-state index in [-0.39, 0.29) is 18.2 Å². The van der Waals surface area contributed by atoms with E-state index in [1.165, 1.54) is 7.11 Å². The number of carbonyl (C=O) groups excluding carboxylic acids is 3. The van der Waals surface area contributed by atoms with Crippen molar-refractivity contribution in [2.24, 2.45) is 5.92 Å². The van der Waals surface area contributed by atoms with Gasteiger partial charge in [-0.05, 0) is 25.7 Å². The lowest BCUT2D eigenvalue weighted by Crippen LogP contribution is -2.37. The molecule has 2 atom stereocenters. The largest absolute Gasteiger partial charge is 0.467 e. The fourth-order valence-corrected chi connectivity index (χ4v) is 2.70. The van der Waals surface area contributed by atoms with Gasteiger partial charge in [-0.1, -0.05) is 0 Å². The molecular formula is C13H20N2O4. The highest BCUT2D eigenvalue weighted by Gasteiger charge is 2.38. The molecule has 0 aromatic heterocycles. The Balaban J connectivity index is 1.87. The van der Waals surface area contributed by atoms with E-state index >= 15 is 0 Å². The minimum Gasteiger partial charge on any atom is -0.467 e. The van der Waals surface area contributed by atoms with Gasteiger partial charge in [0.05, 0.1) is 7.11 Å². The van der Waals surface area contributed by atoms with Crippen molar-refractivity contribution >= 4 is 17.8 Å². The second-order valence-electron chi connectivity index (χ2n) is 5.16. The molecule has 2 saturated heterocycles. The van der Waals surface area contributed by atoms with E-state index in [2.05, 4.69) is 10.1 Å². The summed E-state index contributed by atoms with van der Waals surface area (Å²) in [4.78, 5) is 37.0. The summed E-state index contributed by atoms with van der Waals surface area (Å²) in [5, 5.41) is 2.58. The van der Waals surface area contributed by atoms with Gasteiger partial charge in [-0.3, -0.25) is 9.59 Å². The first-order chi connectivity index (χ1) is 9.11. The summed E-state index contributed by atoms with van der Waals surface area (Å²) >= 11 is 0. The molecule has 0 saturated carbocycles. The number of ether oxygens (including phenoxy) is 1. The minimum absolute atomic E-state index is 0.0189. The van der Waals surface area contributed by atoms with Gasteiger partial charge in [-0.2, -0.15) is 0 Å².